The molecule has 7 heteroatoms. The fraction of sp³-hybridized carbons (Fsp3) is 0.300. The van der Waals surface area contributed by atoms with Crippen molar-refractivity contribution in [3.05, 3.63) is 60.2 Å². The molecule has 2 heterocycles. The molecule has 2 N–H and O–H groups in total. The van der Waals surface area contributed by atoms with Crippen LogP contribution in [-0.4, -0.2) is 47.7 Å². The zero-order chi connectivity index (χ0) is 18.6. The van der Waals surface area contributed by atoms with Gasteiger partial charge >= 0.3 is 0 Å². The molecular formula is C20H23N5OS. The van der Waals surface area contributed by atoms with Gasteiger partial charge in [0, 0.05) is 37.6 Å². The smallest absolute Gasteiger partial charge is 0.208 e. The van der Waals surface area contributed by atoms with Gasteiger partial charge in [-0.05, 0) is 17.7 Å². The Kier molecular flexibility index (Phi) is 5.42. The summed E-state index contributed by atoms with van der Waals surface area (Å²) in [5.74, 6) is 1.60. The van der Waals surface area contributed by atoms with Crippen molar-refractivity contribution in [2.24, 2.45) is 0 Å². The molecule has 0 bridgehead atoms. The van der Waals surface area contributed by atoms with E-state index in [2.05, 4.69) is 49.7 Å². The largest absolute Gasteiger partial charge is 0.378 e. The average molecular weight is 382 g/mol. The molecular weight excluding hydrogens is 358 g/mol. The molecule has 2 atom stereocenters. The van der Waals surface area contributed by atoms with Crippen LogP contribution in [0.1, 0.15) is 11.8 Å². The topological polar surface area (TPSA) is 66.1 Å². The van der Waals surface area contributed by atoms with E-state index >= 15 is 0 Å². The van der Waals surface area contributed by atoms with Gasteiger partial charge in [0.25, 0.3) is 0 Å². The highest BCUT2D eigenvalue weighted by atomic mass is 32.2. The van der Waals surface area contributed by atoms with E-state index in [1.165, 1.54) is 5.69 Å². The molecule has 1 aliphatic rings. The van der Waals surface area contributed by atoms with Crippen molar-refractivity contribution in [3.63, 3.8) is 0 Å². The lowest BCUT2D eigenvalue weighted by Gasteiger charge is -2.16. The fourth-order valence-electron chi connectivity index (χ4n) is 2.97. The van der Waals surface area contributed by atoms with Crippen molar-refractivity contribution in [3.8, 4) is 11.4 Å². The van der Waals surface area contributed by atoms with Crippen molar-refractivity contribution in [2.45, 2.75) is 17.5 Å². The molecule has 6 nitrogen and oxygen atoms in total. The molecule has 3 aromatic rings. The summed E-state index contributed by atoms with van der Waals surface area (Å²) in [6, 6.07) is 18.5. The van der Waals surface area contributed by atoms with Gasteiger partial charge in [-0.2, -0.15) is 0 Å². The monoisotopic (exact) mass is 381 g/mol. The zero-order valence-corrected chi connectivity index (χ0v) is 16.2. The summed E-state index contributed by atoms with van der Waals surface area (Å²) in [4.78, 5) is 6.65. The van der Waals surface area contributed by atoms with Crippen LogP contribution >= 0.6 is 11.8 Å². The number of aromatic amines is 1. The van der Waals surface area contributed by atoms with Gasteiger partial charge in [0.15, 0.2) is 5.82 Å². The van der Waals surface area contributed by atoms with Crippen LogP contribution in [0.3, 0.4) is 0 Å². The third kappa shape index (κ3) is 4.32. The van der Waals surface area contributed by atoms with E-state index in [1.807, 2.05) is 44.4 Å². The minimum absolute atomic E-state index is 0.0566. The van der Waals surface area contributed by atoms with Crippen molar-refractivity contribution in [1.29, 1.82) is 0 Å². The van der Waals surface area contributed by atoms with E-state index in [0.29, 0.717) is 0 Å². The number of nitrogens with zero attached hydrogens (tertiary/aromatic N) is 3. The molecule has 0 aliphatic carbocycles. The number of hydrogen-bond donors (Lipinski definition) is 2. The molecule has 0 unspecified atom stereocenters. The zero-order valence-electron chi connectivity index (χ0n) is 15.4. The number of hydrogen-bond acceptors (Lipinski definition) is 6. The molecule has 0 radical (unpaired) electrons. The fourth-order valence-corrected chi connectivity index (χ4v) is 3.77. The van der Waals surface area contributed by atoms with Crippen LogP contribution in [0.2, 0.25) is 0 Å². The summed E-state index contributed by atoms with van der Waals surface area (Å²) in [6.45, 7) is 0.822. The molecule has 1 aliphatic heterocycles. The number of benzene rings is 2. The van der Waals surface area contributed by atoms with E-state index in [0.717, 1.165) is 34.4 Å². The Morgan fingerprint density at radius 1 is 1.11 bits per heavy atom. The van der Waals surface area contributed by atoms with Gasteiger partial charge in [-0.1, -0.05) is 54.2 Å². The maximum atomic E-state index is 6.15. The number of rotatable bonds is 6. The Morgan fingerprint density at radius 2 is 1.89 bits per heavy atom. The first kappa shape index (κ1) is 18.0. The summed E-state index contributed by atoms with van der Waals surface area (Å²) in [7, 11) is 4.08. The minimum atomic E-state index is -0.0566. The maximum Gasteiger partial charge on any atom is 0.208 e. The molecule has 0 spiro atoms. The number of anilines is 1. The number of aromatic nitrogens is 3. The first-order valence-electron chi connectivity index (χ1n) is 8.96. The summed E-state index contributed by atoms with van der Waals surface area (Å²) < 4.78 is 6.15. The number of thioether (sulfide) groups is 1. The lowest BCUT2D eigenvalue weighted by atomic mass is 10.2. The third-order valence-corrected chi connectivity index (χ3v) is 5.46. The van der Waals surface area contributed by atoms with Crippen LogP contribution < -0.4 is 10.2 Å². The van der Waals surface area contributed by atoms with Crippen LogP contribution in [0.4, 0.5) is 5.69 Å². The Labute approximate surface area is 163 Å². The quantitative estimate of drug-likeness (QED) is 0.639. The SMILES string of the molecule is CN(C)c1ccc([C@@H]2NC[C@H](CSc3n[nH]c(-c4ccccc4)n3)O2)cc1. The van der Waals surface area contributed by atoms with Crippen molar-refractivity contribution >= 4 is 17.4 Å². The molecule has 27 heavy (non-hydrogen) atoms. The lowest BCUT2D eigenvalue weighted by Crippen LogP contribution is -2.17. The summed E-state index contributed by atoms with van der Waals surface area (Å²) in [5.41, 5.74) is 3.37. The number of ether oxygens (including phenoxy) is 1. The lowest BCUT2D eigenvalue weighted by molar-refractivity contribution is 0.0534. The molecule has 140 valence electrons. The van der Waals surface area contributed by atoms with Crippen molar-refractivity contribution < 1.29 is 4.74 Å². The van der Waals surface area contributed by atoms with Crippen LogP contribution in [0, 0.1) is 0 Å². The first-order chi connectivity index (χ1) is 13.2. The van der Waals surface area contributed by atoms with E-state index in [9.17, 15) is 0 Å². The Bertz CT molecular complexity index is 866. The van der Waals surface area contributed by atoms with E-state index in [4.69, 9.17) is 4.74 Å². The van der Waals surface area contributed by atoms with E-state index in [1.54, 1.807) is 11.8 Å². The molecule has 2 aromatic carbocycles. The van der Waals surface area contributed by atoms with E-state index in [-0.39, 0.29) is 12.3 Å². The second-order valence-electron chi connectivity index (χ2n) is 6.68. The predicted molar refractivity (Wildman–Crippen MR) is 109 cm³/mol. The standard InChI is InChI=1S/C20H23N5OS/c1-25(2)16-10-8-15(9-11-16)19-21-12-17(26-19)13-27-20-22-18(23-24-20)14-6-4-3-5-7-14/h3-11,17,19,21H,12-13H2,1-2H3,(H,22,23,24)/t17-,19-/m1/s1. The first-order valence-corrected chi connectivity index (χ1v) is 9.94. The number of H-pyrrole nitrogens is 1. The summed E-state index contributed by atoms with van der Waals surface area (Å²) >= 11 is 1.61. The number of nitrogens with one attached hydrogen (secondary N) is 2. The molecule has 1 saturated heterocycles. The van der Waals surface area contributed by atoms with Crippen LogP contribution in [0.5, 0.6) is 0 Å². The van der Waals surface area contributed by atoms with Gasteiger partial charge in [-0.3, -0.25) is 10.4 Å². The molecule has 4 rings (SSSR count). The highest BCUT2D eigenvalue weighted by Crippen LogP contribution is 2.27. The highest BCUT2D eigenvalue weighted by molar-refractivity contribution is 7.99. The molecule has 0 saturated carbocycles. The van der Waals surface area contributed by atoms with Crippen LogP contribution in [0.15, 0.2) is 59.8 Å². The Balaban J connectivity index is 1.31. The normalized spacial score (nSPS) is 19.3. The van der Waals surface area contributed by atoms with Crippen LogP contribution in [0.25, 0.3) is 11.4 Å². The van der Waals surface area contributed by atoms with Gasteiger partial charge in [-0.25, -0.2) is 4.98 Å². The molecule has 1 aromatic heterocycles. The van der Waals surface area contributed by atoms with Crippen LogP contribution in [-0.2, 0) is 4.74 Å². The minimum Gasteiger partial charge on any atom is -0.378 e. The van der Waals surface area contributed by atoms with Gasteiger partial charge in [0.05, 0.1) is 6.10 Å². The highest BCUT2D eigenvalue weighted by Gasteiger charge is 2.26. The van der Waals surface area contributed by atoms with Gasteiger partial charge in [0.1, 0.15) is 6.23 Å². The van der Waals surface area contributed by atoms with Crippen molar-refractivity contribution in [2.75, 3.05) is 31.3 Å². The predicted octanol–water partition coefficient (Wildman–Crippen LogP) is 3.32. The molecule has 1 fully saturated rings. The third-order valence-electron chi connectivity index (χ3n) is 4.48. The van der Waals surface area contributed by atoms with Crippen molar-refractivity contribution in [1.82, 2.24) is 20.5 Å². The summed E-state index contributed by atoms with van der Waals surface area (Å²) in [6.07, 6.45) is 0.0750. The Hall–Kier alpha value is -2.35. The second kappa shape index (κ2) is 8.12. The average Bonchev–Trinajstić information content (AvgIpc) is 3.37. The summed E-state index contributed by atoms with van der Waals surface area (Å²) in [5, 5.41) is 11.5. The van der Waals surface area contributed by atoms with Gasteiger partial charge in [0.2, 0.25) is 5.16 Å². The van der Waals surface area contributed by atoms with Gasteiger partial charge in [-0.15, -0.1) is 5.10 Å². The molecule has 0 amide bonds. The Morgan fingerprint density at radius 3 is 2.63 bits per heavy atom. The van der Waals surface area contributed by atoms with E-state index < -0.39 is 0 Å². The second-order valence-corrected chi connectivity index (χ2v) is 7.66. The maximum absolute atomic E-state index is 6.15. The van der Waals surface area contributed by atoms with Gasteiger partial charge < -0.3 is 9.64 Å².